The summed E-state index contributed by atoms with van der Waals surface area (Å²) in [6.45, 7) is 4.41. The Morgan fingerprint density at radius 3 is 2.48 bits per heavy atom. The second kappa shape index (κ2) is 6.50. The van der Waals surface area contributed by atoms with Crippen LogP contribution >= 0.6 is 0 Å². The van der Waals surface area contributed by atoms with E-state index in [0.29, 0.717) is 37.6 Å². The minimum absolute atomic E-state index is 0.0297. The maximum absolute atomic E-state index is 12.8. The van der Waals surface area contributed by atoms with Gasteiger partial charge in [-0.2, -0.15) is 0 Å². The molecule has 0 unspecified atom stereocenters. The molecular weight excluding hydrogens is 316 g/mol. The Kier molecular flexibility index (Phi) is 4.19. The summed E-state index contributed by atoms with van der Waals surface area (Å²) < 4.78 is 0. The van der Waals surface area contributed by atoms with Crippen LogP contribution in [0.25, 0.3) is 11.0 Å². The number of nitrogens with zero attached hydrogens (tertiary/aromatic N) is 3. The van der Waals surface area contributed by atoms with Crippen molar-refractivity contribution < 1.29 is 9.59 Å². The fraction of sp³-hybridized carbons (Fsp3) is 0.526. The molecule has 1 N–H and O–H groups in total. The fourth-order valence-electron chi connectivity index (χ4n) is 4.01. The number of hydrogen-bond donors (Lipinski definition) is 1. The van der Waals surface area contributed by atoms with E-state index in [-0.39, 0.29) is 11.8 Å². The molecule has 2 fully saturated rings. The van der Waals surface area contributed by atoms with Crippen molar-refractivity contribution in [2.24, 2.45) is 5.92 Å². The van der Waals surface area contributed by atoms with E-state index in [1.165, 1.54) is 12.8 Å². The molecule has 2 aliphatic rings. The second-order valence-corrected chi connectivity index (χ2v) is 7.15. The van der Waals surface area contributed by atoms with E-state index >= 15 is 0 Å². The number of aryl methyl sites for hydroxylation is 1. The van der Waals surface area contributed by atoms with Crippen LogP contribution < -0.4 is 0 Å². The number of carbonyl (C=O) groups is 2. The van der Waals surface area contributed by atoms with Gasteiger partial charge in [0.25, 0.3) is 5.91 Å². The normalized spacial score (nSPS) is 18.9. The molecule has 1 saturated heterocycles. The molecule has 0 atom stereocenters. The fourth-order valence-corrected chi connectivity index (χ4v) is 4.01. The lowest BCUT2D eigenvalue weighted by Crippen LogP contribution is -2.51. The summed E-state index contributed by atoms with van der Waals surface area (Å²) in [5, 5.41) is 0. The number of imidazole rings is 1. The van der Waals surface area contributed by atoms with Crippen LogP contribution in [0.4, 0.5) is 0 Å². The Morgan fingerprint density at radius 2 is 1.76 bits per heavy atom. The Labute approximate surface area is 147 Å². The molecule has 132 valence electrons. The van der Waals surface area contributed by atoms with Crippen molar-refractivity contribution in [3.05, 3.63) is 29.6 Å². The van der Waals surface area contributed by atoms with E-state index in [1.807, 2.05) is 34.9 Å². The van der Waals surface area contributed by atoms with Crippen molar-refractivity contribution >= 4 is 22.8 Å². The zero-order valence-electron chi connectivity index (χ0n) is 14.6. The number of fused-ring (bicyclic) bond motifs is 1. The highest BCUT2D eigenvalue weighted by atomic mass is 16.2. The number of H-pyrrole nitrogens is 1. The lowest BCUT2D eigenvalue weighted by Gasteiger charge is -2.36. The van der Waals surface area contributed by atoms with Gasteiger partial charge in [-0.1, -0.05) is 12.8 Å². The number of piperazine rings is 1. The lowest BCUT2D eigenvalue weighted by atomic mass is 10.1. The first-order chi connectivity index (χ1) is 12.1. The van der Waals surface area contributed by atoms with Crippen molar-refractivity contribution in [3.63, 3.8) is 0 Å². The SMILES string of the molecule is Cc1nc2ccc(C(=O)N3CCN(C(=O)C4CCCC4)CC3)cc2[nH]1. The summed E-state index contributed by atoms with van der Waals surface area (Å²) in [7, 11) is 0. The molecule has 1 saturated carbocycles. The van der Waals surface area contributed by atoms with Crippen LogP contribution in [-0.2, 0) is 4.79 Å². The molecule has 1 aromatic carbocycles. The van der Waals surface area contributed by atoms with Gasteiger partial charge in [0, 0.05) is 37.7 Å². The van der Waals surface area contributed by atoms with Crippen LogP contribution in [0.1, 0.15) is 41.9 Å². The Balaban J connectivity index is 1.40. The number of rotatable bonds is 2. The number of nitrogens with one attached hydrogen (secondary N) is 1. The summed E-state index contributed by atoms with van der Waals surface area (Å²) in [5.74, 6) is 1.38. The molecule has 0 radical (unpaired) electrons. The highest BCUT2D eigenvalue weighted by Crippen LogP contribution is 2.27. The summed E-state index contributed by atoms with van der Waals surface area (Å²) in [6.07, 6.45) is 4.40. The van der Waals surface area contributed by atoms with Gasteiger partial charge >= 0.3 is 0 Å². The van der Waals surface area contributed by atoms with E-state index in [1.54, 1.807) is 0 Å². The van der Waals surface area contributed by atoms with Gasteiger partial charge < -0.3 is 14.8 Å². The third-order valence-corrected chi connectivity index (χ3v) is 5.43. The molecule has 6 nitrogen and oxygen atoms in total. The molecule has 0 bridgehead atoms. The molecule has 1 aliphatic carbocycles. The van der Waals surface area contributed by atoms with Gasteiger partial charge in [0.05, 0.1) is 11.0 Å². The van der Waals surface area contributed by atoms with Crippen LogP contribution in [0.2, 0.25) is 0 Å². The largest absolute Gasteiger partial charge is 0.342 e. The van der Waals surface area contributed by atoms with Crippen LogP contribution in [0, 0.1) is 12.8 Å². The highest BCUT2D eigenvalue weighted by Gasteiger charge is 2.30. The Morgan fingerprint density at radius 1 is 1.08 bits per heavy atom. The average molecular weight is 340 g/mol. The summed E-state index contributed by atoms with van der Waals surface area (Å²) >= 11 is 0. The van der Waals surface area contributed by atoms with Crippen LogP contribution in [-0.4, -0.2) is 57.8 Å². The van der Waals surface area contributed by atoms with Gasteiger partial charge in [-0.05, 0) is 38.0 Å². The average Bonchev–Trinajstić information content (AvgIpc) is 3.28. The molecule has 2 heterocycles. The van der Waals surface area contributed by atoms with Crippen molar-refractivity contribution in [1.82, 2.24) is 19.8 Å². The third kappa shape index (κ3) is 3.13. The van der Waals surface area contributed by atoms with Gasteiger partial charge in [-0.25, -0.2) is 4.98 Å². The number of aromatic nitrogens is 2. The molecule has 4 rings (SSSR count). The lowest BCUT2D eigenvalue weighted by molar-refractivity contribution is -0.136. The number of aromatic amines is 1. The van der Waals surface area contributed by atoms with Crippen LogP contribution in [0.5, 0.6) is 0 Å². The van der Waals surface area contributed by atoms with E-state index in [9.17, 15) is 9.59 Å². The topological polar surface area (TPSA) is 69.3 Å². The van der Waals surface area contributed by atoms with Gasteiger partial charge in [0.15, 0.2) is 0 Å². The standard InChI is InChI=1S/C19H24N4O2/c1-13-20-16-7-6-15(12-17(16)21-13)19(25)23-10-8-22(9-11-23)18(24)14-4-2-3-5-14/h6-7,12,14H,2-5,8-11H2,1H3,(H,20,21). The Bertz CT molecular complexity index is 799. The summed E-state index contributed by atoms with van der Waals surface area (Å²) in [6, 6.07) is 5.58. The maximum Gasteiger partial charge on any atom is 0.254 e. The van der Waals surface area contributed by atoms with Crippen LogP contribution in [0.3, 0.4) is 0 Å². The van der Waals surface area contributed by atoms with Gasteiger partial charge in [-0.15, -0.1) is 0 Å². The van der Waals surface area contributed by atoms with Gasteiger partial charge in [0.2, 0.25) is 5.91 Å². The molecule has 6 heteroatoms. The first kappa shape index (κ1) is 16.1. The number of carbonyl (C=O) groups excluding carboxylic acids is 2. The predicted molar refractivity (Wildman–Crippen MR) is 95.3 cm³/mol. The van der Waals surface area contributed by atoms with Gasteiger partial charge in [0.1, 0.15) is 5.82 Å². The molecule has 2 aromatic rings. The second-order valence-electron chi connectivity index (χ2n) is 7.15. The van der Waals surface area contributed by atoms with Crippen molar-refractivity contribution in [2.75, 3.05) is 26.2 Å². The third-order valence-electron chi connectivity index (χ3n) is 5.43. The van der Waals surface area contributed by atoms with E-state index in [2.05, 4.69) is 9.97 Å². The highest BCUT2D eigenvalue weighted by molar-refractivity contribution is 5.97. The number of amides is 2. The van der Waals surface area contributed by atoms with E-state index < -0.39 is 0 Å². The Hall–Kier alpha value is -2.37. The molecule has 2 amide bonds. The quantitative estimate of drug-likeness (QED) is 0.912. The number of hydrogen-bond acceptors (Lipinski definition) is 3. The predicted octanol–water partition coefficient (Wildman–Crippen LogP) is 2.35. The first-order valence-corrected chi connectivity index (χ1v) is 9.16. The summed E-state index contributed by atoms with van der Waals surface area (Å²) in [4.78, 5) is 36.6. The monoisotopic (exact) mass is 340 g/mol. The molecular formula is C19H24N4O2. The molecule has 1 aromatic heterocycles. The van der Waals surface area contributed by atoms with Crippen molar-refractivity contribution in [1.29, 1.82) is 0 Å². The zero-order valence-corrected chi connectivity index (χ0v) is 14.6. The smallest absolute Gasteiger partial charge is 0.254 e. The molecule has 25 heavy (non-hydrogen) atoms. The van der Waals surface area contributed by atoms with Gasteiger partial charge in [-0.3, -0.25) is 9.59 Å². The minimum Gasteiger partial charge on any atom is -0.342 e. The first-order valence-electron chi connectivity index (χ1n) is 9.16. The molecule has 0 spiro atoms. The molecule has 1 aliphatic heterocycles. The van der Waals surface area contributed by atoms with E-state index in [4.69, 9.17) is 0 Å². The number of benzene rings is 1. The maximum atomic E-state index is 12.8. The van der Waals surface area contributed by atoms with Crippen molar-refractivity contribution in [3.8, 4) is 0 Å². The zero-order chi connectivity index (χ0) is 17.4. The van der Waals surface area contributed by atoms with E-state index in [0.717, 1.165) is 29.7 Å². The summed E-state index contributed by atoms with van der Waals surface area (Å²) in [5.41, 5.74) is 2.44. The minimum atomic E-state index is 0.0297. The van der Waals surface area contributed by atoms with Crippen LogP contribution in [0.15, 0.2) is 18.2 Å². The van der Waals surface area contributed by atoms with Crippen molar-refractivity contribution in [2.45, 2.75) is 32.6 Å².